The second-order valence-corrected chi connectivity index (χ2v) is 4.49. The highest BCUT2D eigenvalue weighted by molar-refractivity contribution is 5.73. The Morgan fingerprint density at radius 2 is 1.88 bits per heavy atom. The van der Waals surface area contributed by atoms with Crippen molar-refractivity contribution in [1.29, 1.82) is 0 Å². The van der Waals surface area contributed by atoms with Gasteiger partial charge in [0.15, 0.2) is 0 Å². The Bertz CT molecular complexity index is 241. The molecule has 2 atom stereocenters. The van der Waals surface area contributed by atoms with Crippen LogP contribution in [0.15, 0.2) is 0 Å². The molecule has 3 nitrogen and oxygen atoms in total. The molecule has 0 aliphatic carbocycles. The van der Waals surface area contributed by atoms with Crippen molar-refractivity contribution < 1.29 is 22.7 Å². The molecule has 0 aromatic rings. The zero-order valence-electron chi connectivity index (χ0n) is 10.4. The number of halogens is 3. The van der Waals surface area contributed by atoms with E-state index in [2.05, 4.69) is 0 Å². The van der Waals surface area contributed by atoms with Gasteiger partial charge in [0, 0.05) is 0 Å². The first-order valence-electron chi connectivity index (χ1n) is 5.69. The minimum Gasteiger partial charge on any atom is -0.465 e. The molecule has 0 aliphatic heterocycles. The Kier molecular flexibility index (Phi) is 6.52. The predicted octanol–water partition coefficient (Wildman–Crippen LogP) is 2.49. The third-order valence-corrected chi connectivity index (χ3v) is 2.27. The number of alkyl halides is 3. The van der Waals surface area contributed by atoms with Gasteiger partial charge in [-0.25, -0.2) is 0 Å². The lowest BCUT2D eigenvalue weighted by Crippen LogP contribution is -2.47. The van der Waals surface area contributed by atoms with Crippen LogP contribution >= 0.6 is 0 Å². The Labute approximate surface area is 99.5 Å². The highest BCUT2D eigenvalue weighted by Gasteiger charge is 2.45. The van der Waals surface area contributed by atoms with Crippen LogP contribution < -0.4 is 5.73 Å². The molecule has 0 rings (SSSR count). The van der Waals surface area contributed by atoms with Gasteiger partial charge in [-0.05, 0) is 12.3 Å². The summed E-state index contributed by atoms with van der Waals surface area (Å²) in [5.41, 5.74) is 5.06. The zero-order chi connectivity index (χ0) is 13.6. The van der Waals surface area contributed by atoms with Gasteiger partial charge >= 0.3 is 12.1 Å². The first-order chi connectivity index (χ1) is 7.70. The van der Waals surface area contributed by atoms with E-state index in [0.717, 1.165) is 0 Å². The summed E-state index contributed by atoms with van der Waals surface area (Å²) in [6, 6.07) is -2.15. The number of nitrogens with two attached hydrogens (primary N) is 1. The standard InChI is InChI=1S/C11H20F3NO2/c1-4-5-8(9(15)11(12,13)14)10(16)17-6-7(2)3/h7-9H,4-6,15H2,1-3H3/t8-,9-/m0/s1. The third-order valence-electron chi connectivity index (χ3n) is 2.27. The van der Waals surface area contributed by atoms with Gasteiger partial charge in [-0.1, -0.05) is 27.2 Å². The van der Waals surface area contributed by atoms with E-state index < -0.39 is 24.1 Å². The van der Waals surface area contributed by atoms with Crippen LogP contribution in [0.5, 0.6) is 0 Å². The number of ether oxygens (including phenoxy) is 1. The molecule has 0 aromatic heterocycles. The van der Waals surface area contributed by atoms with E-state index in [4.69, 9.17) is 10.5 Å². The molecule has 0 aliphatic rings. The molecule has 17 heavy (non-hydrogen) atoms. The zero-order valence-corrected chi connectivity index (χ0v) is 10.4. The van der Waals surface area contributed by atoms with Crippen molar-refractivity contribution in [3.63, 3.8) is 0 Å². The normalized spacial score (nSPS) is 15.8. The SMILES string of the molecule is CCC[C@H](C(=O)OCC(C)C)[C@H](N)C(F)(F)F. The molecule has 0 heterocycles. The summed E-state index contributed by atoms with van der Waals surface area (Å²) in [7, 11) is 0. The van der Waals surface area contributed by atoms with Crippen molar-refractivity contribution in [1.82, 2.24) is 0 Å². The molecular formula is C11H20F3NO2. The van der Waals surface area contributed by atoms with Crippen LogP contribution in [0.25, 0.3) is 0 Å². The summed E-state index contributed by atoms with van der Waals surface area (Å²) in [6.07, 6.45) is -4.04. The number of esters is 1. The lowest BCUT2D eigenvalue weighted by atomic mass is 9.95. The van der Waals surface area contributed by atoms with Crippen molar-refractivity contribution in [3.05, 3.63) is 0 Å². The topological polar surface area (TPSA) is 52.3 Å². The smallest absolute Gasteiger partial charge is 0.404 e. The van der Waals surface area contributed by atoms with E-state index >= 15 is 0 Å². The van der Waals surface area contributed by atoms with Crippen LogP contribution in [-0.2, 0) is 9.53 Å². The Hall–Kier alpha value is -0.780. The summed E-state index contributed by atoms with van der Waals surface area (Å²) >= 11 is 0. The maximum Gasteiger partial charge on any atom is 0.404 e. The highest BCUT2D eigenvalue weighted by Crippen LogP contribution is 2.27. The summed E-state index contributed by atoms with van der Waals surface area (Å²) < 4.78 is 42.2. The molecule has 0 aromatic carbocycles. The first kappa shape index (κ1) is 16.2. The average molecular weight is 255 g/mol. The van der Waals surface area contributed by atoms with Gasteiger partial charge in [0.1, 0.15) is 6.04 Å². The molecule has 0 spiro atoms. The lowest BCUT2D eigenvalue weighted by Gasteiger charge is -2.24. The van der Waals surface area contributed by atoms with E-state index in [1.807, 2.05) is 13.8 Å². The van der Waals surface area contributed by atoms with Crippen LogP contribution in [0.1, 0.15) is 33.6 Å². The van der Waals surface area contributed by atoms with E-state index in [-0.39, 0.29) is 18.9 Å². The van der Waals surface area contributed by atoms with Crippen LogP contribution in [-0.4, -0.2) is 24.8 Å². The molecule has 6 heteroatoms. The van der Waals surface area contributed by atoms with Crippen LogP contribution in [0.4, 0.5) is 13.2 Å². The van der Waals surface area contributed by atoms with Crippen molar-refractivity contribution in [2.24, 2.45) is 17.6 Å². The van der Waals surface area contributed by atoms with Crippen molar-refractivity contribution >= 4 is 5.97 Å². The number of carbonyl (C=O) groups is 1. The molecule has 0 fully saturated rings. The van der Waals surface area contributed by atoms with E-state index in [9.17, 15) is 18.0 Å². The molecule has 102 valence electrons. The number of hydrogen-bond acceptors (Lipinski definition) is 3. The van der Waals surface area contributed by atoms with Crippen molar-refractivity contribution in [2.75, 3.05) is 6.61 Å². The molecule has 0 amide bonds. The fourth-order valence-corrected chi connectivity index (χ4v) is 1.34. The molecule has 0 saturated carbocycles. The molecule has 2 N–H and O–H groups in total. The van der Waals surface area contributed by atoms with Crippen molar-refractivity contribution in [2.45, 2.75) is 45.8 Å². The summed E-state index contributed by atoms with van der Waals surface area (Å²) in [5.74, 6) is -2.08. The number of carbonyl (C=O) groups excluding carboxylic acids is 1. The number of hydrogen-bond donors (Lipinski definition) is 1. The Morgan fingerprint density at radius 3 is 2.24 bits per heavy atom. The third kappa shape index (κ3) is 5.91. The quantitative estimate of drug-likeness (QED) is 0.742. The maximum absolute atomic E-state index is 12.4. The van der Waals surface area contributed by atoms with Gasteiger partial charge < -0.3 is 10.5 Å². The van der Waals surface area contributed by atoms with Gasteiger partial charge in [0.2, 0.25) is 0 Å². The monoisotopic (exact) mass is 255 g/mol. The largest absolute Gasteiger partial charge is 0.465 e. The van der Waals surface area contributed by atoms with Crippen molar-refractivity contribution in [3.8, 4) is 0 Å². The minimum absolute atomic E-state index is 0.0810. The van der Waals surface area contributed by atoms with Crippen LogP contribution in [0.2, 0.25) is 0 Å². The van der Waals surface area contributed by atoms with Gasteiger partial charge in [0.05, 0.1) is 12.5 Å². The Balaban J connectivity index is 4.56. The van der Waals surface area contributed by atoms with Gasteiger partial charge in [0.25, 0.3) is 0 Å². The molecule has 0 radical (unpaired) electrons. The van der Waals surface area contributed by atoms with Crippen LogP contribution in [0.3, 0.4) is 0 Å². The summed E-state index contributed by atoms with van der Waals surface area (Å²) in [4.78, 5) is 11.5. The predicted molar refractivity (Wildman–Crippen MR) is 58.2 cm³/mol. The first-order valence-corrected chi connectivity index (χ1v) is 5.69. The van der Waals surface area contributed by atoms with Crippen LogP contribution in [0, 0.1) is 11.8 Å². The number of rotatable bonds is 6. The second-order valence-electron chi connectivity index (χ2n) is 4.49. The average Bonchev–Trinajstić information content (AvgIpc) is 2.20. The van der Waals surface area contributed by atoms with E-state index in [0.29, 0.717) is 6.42 Å². The fourth-order valence-electron chi connectivity index (χ4n) is 1.34. The summed E-state index contributed by atoms with van der Waals surface area (Å²) in [5, 5.41) is 0. The maximum atomic E-state index is 12.4. The second kappa shape index (κ2) is 6.83. The molecule has 0 bridgehead atoms. The van der Waals surface area contributed by atoms with Gasteiger partial charge in [-0.15, -0.1) is 0 Å². The Morgan fingerprint density at radius 1 is 1.35 bits per heavy atom. The van der Waals surface area contributed by atoms with Gasteiger partial charge in [-0.3, -0.25) is 4.79 Å². The molecular weight excluding hydrogens is 235 g/mol. The highest BCUT2D eigenvalue weighted by atomic mass is 19.4. The van der Waals surface area contributed by atoms with Gasteiger partial charge in [-0.2, -0.15) is 13.2 Å². The minimum atomic E-state index is -4.57. The lowest BCUT2D eigenvalue weighted by molar-refractivity contribution is -0.177. The fraction of sp³-hybridized carbons (Fsp3) is 0.909. The molecule has 0 saturated heterocycles. The summed E-state index contributed by atoms with van der Waals surface area (Å²) in [6.45, 7) is 5.44. The van der Waals surface area contributed by atoms with E-state index in [1.54, 1.807) is 6.92 Å². The molecule has 0 unspecified atom stereocenters. The van der Waals surface area contributed by atoms with E-state index in [1.165, 1.54) is 0 Å².